The van der Waals surface area contributed by atoms with Crippen molar-refractivity contribution in [3.63, 3.8) is 0 Å². The number of Topliss-reactive ketones (excluding diaryl/α,β-unsaturated/α-hetero) is 1. The molecule has 0 radical (unpaired) electrons. The van der Waals surface area contributed by atoms with Gasteiger partial charge in [-0.1, -0.05) is 19.8 Å². The van der Waals surface area contributed by atoms with E-state index in [1.165, 1.54) is 44.9 Å². The van der Waals surface area contributed by atoms with Gasteiger partial charge in [-0.3, -0.25) is 9.69 Å². The Labute approximate surface area is 195 Å². The minimum absolute atomic E-state index is 0.230. The molecule has 1 heterocycles. The first-order valence-electron chi connectivity index (χ1n) is 13.6. The van der Waals surface area contributed by atoms with E-state index in [4.69, 9.17) is 9.47 Å². The molecule has 4 fully saturated rings. The van der Waals surface area contributed by atoms with Crippen LogP contribution in [0.1, 0.15) is 77.6 Å². The Bertz CT molecular complexity index is 606. The third-order valence-electron chi connectivity index (χ3n) is 9.61. The zero-order chi connectivity index (χ0) is 22.6. The minimum Gasteiger partial charge on any atom is -0.387 e. The molecule has 32 heavy (non-hydrogen) atoms. The molecule has 7 unspecified atom stereocenters. The molecule has 1 aliphatic heterocycles. The fraction of sp³-hybridized carbons (Fsp3) is 0.963. The number of rotatable bonds is 9. The van der Waals surface area contributed by atoms with Crippen LogP contribution in [0.25, 0.3) is 0 Å². The van der Waals surface area contributed by atoms with Gasteiger partial charge in [0.25, 0.3) is 0 Å². The van der Waals surface area contributed by atoms with E-state index < -0.39 is 5.60 Å². The second kappa shape index (κ2) is 11.3. The molecular formula is C27H47NO4. The lowest BCUT2D eigenvalue weighted by molar-refractivity contribution is -0.125. The van der Waals surface area contributed by atoms with E-state index in [-0.39, 0.29) is 5.92 Å². The van der Waals surface area contributed by atoms with Crippen molar-refractivity contribution in [1.82, 2.24) is 4.90 Å². The van der Waals surface area contributed by atoms with Gasteiger partial charge in [0.05, 0.1) is 32.0 Å². The van der Waals surface area contributed by atoms with E-state index >= 15 is 0 Å². The number of hydrogen-bond donors (Lipinski definition) is 1. The quantitative estimate of drug-likeness (QED) is 0.568. The van der Waals surface area contributed by atoms with Crippen molar-refractivity contribution >= 4 is 5.78 Å². The van der Waals surface area contributed by atoms with E-state index in [2.05, 4.69) is 11.8 Å². The third kappa shape index (κ3) is 5.76. The normalized spacial score (nSPS) is 39.2. The van der Waals surface area contributed by atoms with Crippen molar-refractivity contribution < 1.29 is 19.4 Å². The summed E-state index contributed by atoms with van der Waals surface area (Å²) in [5.41, 5.74) is -0.591. The van der Waals surface area contributed by atoms with Gasteiger partial charge in [0.1, 0.15) is 5.78 Å². The molecule has 3 aliphatic carbocycles. The van der Waals surface area contributed by atoms with Gasteiger partial charge in [0, 0.05) is 26.1 Å². The van der Waals surface area contributed by atoms with Crippen LogP contribution in [0, 0.1) is 35.5 Å². The molecule has 5 heteroatoms. The molecule has 7 atom stereocenters. The van der Waals surface area contributed by atoms with Crippen LogP contribution in [0.5, 0.6) is 0 Å². The molecule has 0 aromatic carbocycles. The van der Waals surface area contributed by atoms with E-state index in [1.807, 2.05) is 0 Å². The predicted octanol–water partition coefficient (Wildman–Crippen LogP) is 4.31. The largest absolute Gasteiger partial charge is 0.387 e. The van der Waals surface area contributed by atoms with Crippen LogP contribution in [-0.4, -0.2) is 68.0 Å². The fourth-order valence-corrected chi connectivity index (χ4v) is 7.95. The lowest BCUT2D eigenvalue weighted by Crippen LogP contribution is -2.49. The summed E-state index contributed by atoms with van der Waals surface area (Å²) >= 11 is 0. The van der Waals surface area contributed by atoms with Crippen LogP contribution in [0.3, 0.4) is 0 Å². The zero-order valence-corrected chi connectivity index (χ0v) is 20.6. The number of nitrogens with zero attached hydrogens (tertiary/aromatic N) is 1. The Morgan fingerprint density at radius 1 is 1.12 bits per heavy atom. The van der Waals surface area contributed by atoms with Crippen molar-refractivity contribution in [2.24, 2.45) is 35.5 Å². The van der Waals surface area contributed by atoms with Gasteiger partial charge >= 0.3 is 0 Å². The number of ether oxygens (including phenoxy) is 2. The summed E-state index contributed by atoms with van der Waals surface area (Å²) in [6.07, 6.45) is 13.0. The van der Waals surface area contributed by atoms with Gasteiger partial charge in [-0.2, -0.15) is 0 Å². The molecule has 1 saturated heterocycles. The maximum Gasteiger partial charge on any atom is 0.149 e. The predicted molar refractivity (Wildman–Crippen MR) is 126 cm³/mol. The molecule has 4 aliphatic rings. The van der Waals surface area contributed by atoms with E-state index in [1.54, 1.807) is 7.11 Å². The van der Waals surface area contributed by atoms with Crippen LogP contribution >= 0.6 is 0 Å². The third-order valence-corrected chi connectivity index (χ3v) is 9.61. The van der Waals surface area contributed by atoms with Crippen LogP contribution in [0.4, 0.5) is 0 Å². The molecule has 184 valence electrons. The molecular weight excluding hydrogens is 402 g/mol. The van der Waals surface area contributed by atoms with Gasteiger partial charge in [0.2, 0.25) is 0 Å². The molecule has 0 spiro atoms. The number of hydrogen-bond acceptors (Lipinski definition) is 5. The number of ketones is 1. The maximum absolute atomic E-state index is 13.0. The minimum atomic E-state index is -0.591. The Morgan fingerprint density at radius 2 is 1.94 bits per heavy atom. The first-order valence-corrected chi connectivity index (χ1v) is 13.6. The fourth-order valence-electron chi connectivity index (χ4n) is 7.95. The number of methoxy groups -OCH3 is 1. The molecule has 1 N–H and O–H groups in total. The average molecular weight is 450 g/mol. The van der Waals surface area contributed by atoms with Gasteiger partial charge < -0.3 is 14.6 Å². The number of carbonyl (C=O) groups is 1. The molecule has 0 aromatic rings. The molecule has 5 nitrogen and oxygen atoms in total. The van der Waals surface area contributed by atoms with Gasteiger partial charge in [0.15, 0.2) is 0 Å². The number of fused-ring (bicyclic) bond motifs is 3. The monoisotopic (exact) mass is 449 g/mol. The van der Waals surface area contributed by atoms with Gasteiger partial charge in [-0.25, -0.2) is 0 Å². The van der Waals surface area contributed by atoms with Crippen molar-refractivity contribution in [2.75, 3.05) is 46.6 Å². The summed E-state index contributed by atoms with van der Waals surface area (Å²) in [5, 5.41) is 10.9. The molecule has 0 bridgehead atoms. The second-order valence-electron chi connectivity index (χ2n) is 11.5. The topological polar surface area (TPSA) is 59.0 Å². The summed E-state index contributed by atoms with van der Waals surface area (Å²) in [4.78, 5) is 15.3. The molecule has 0 aromatic heterocycles. The van der Waals surface area contributed by atoms with Crippen LogP contribution in [0.15, 0.2) is 0 Å². The number of aliphatic hydroxyl groups is 1. The number of morpholine rings is 1. The average Bonchev–Trinajstić information content (AvgIpc) is 2.79. The highest BCUT2D eigenvalue weighted by atomic mass is 16.5. The van der Waals surface area contributed by atoms with Gasteiger partial charge in [-0.05, 0) is 87.4 Å². The van der Waals surface area contributed by atoms with Gasteiger partial charge in [-0.15, -0.1) is 0 Å². The lowest BCUT2D eigenvalue weighted by atomic mass is 9.53. The van der Waals surface area contributed by atoms with E-state index in [9.17, 15) is 9.90 Å². The highest BCUT2D eigenvalue weighted by Crippen LogP contribution is 2.55. The van der Waals surface area contributed by atoms with Crippen LogP contribution < -0.4 is 0 Å². The smallest absolute Gasteiger partial charge is 0.149 e. The maximum atomic E-state index is 13.0. The van der Waals surface area contributed by atoms with Crippen molar-refractivity contribution in [3.8, 4) is 0 Å². The number of carbonyl (C=O) groups excluding carboxylic acids is 1. The summed E-state index contributed by atoms with van der Waals surface area (Å²) in [7, 11) is 1.71. The second-order valence-corrected chi connectivity index (χ2v) is 11.5. The van der Waals surface area contributed by atoms with Crippen LogP contribution in [-0.2, 0) is 14.3 Å². The van der Waals surface area contributed by atoms with Crippen molar-refractivity contribution in [2.45, 2.75) is 83.2 Å². The summed E-state index contributed by atoms with van der Waals surface area (Å²) in [5.74, 6) is 4.68. The molecule has 4 rings (SSSR count). The Morgan fingerprint density at radius 3 is 2.69 bits per heavy atom. The first-order chi connectivity index (χ1) is 15.5. The summed E-state index contributed by atoms with van der Waals surface area (Å²) in [6.45, 7) is 6.63. The zero-order valence-electron chi connectivity index (χ0n) is 20.6. The highest BCUT2D eigenvalue weighted by Gasteiger charge is 2.49. The van der Waals surface area contributed by atoms with Crippen molar-refractivity contribution in [3.05, 3.63) is 0 Å². The van der Waals surface area contributed by atoms with E-state index in [0.29, 0.717) is 24.9 Å². The highest BCUT2D eigenvalue weighted by molar-refractivity contribution is 5.82. The van der Waals surface area contributed by atoms with Crippen LogP contribution in [0.2, 0.25) is 0 Å². The Balaban J connectivity index is 1.30. The Hall–Kier alpha value is -0.490. The van der Waals surface area contributed by atoms with E-state index in [0.717, 1.165) is 75.7 Å². The standard InChI is InChI=1S/C27H47NO4/c1-3-20(26(29)18-28-13-15-32-16-14-28)7-8-21-5-4-6-25-23(21)10-9-22-17-27(30,19-31-2)12-11-24(22)25/h20-25,30H,3-19H2,1-2H3. The summed E-state index contributed by atoms with van der Waals surface area (Å²) in [6, 6.07) is 0. The summed E-state index contributed by atoms with van der Waals surface area (Å²) < 4.78 is 10.8. The molecule has 3 saturated carbocycles. The Kier molecular flexibility index (Phi) is 8.69. The SMILES string of the molecule is CCC(CCC1CCCC2C1CCC1CC(O)(COC)CCC12)C(=O)CN1CCOCC1. The first kappa shape index (κ1) is 24.6. The molecule has 0 amide bonds. The van der Waals surface area contributed by atoms with Crippen molar-refractivity contribution in [1.29, 1.82) is 0 Å². The lowest BCUT2D eigenvalue weighted by Gasteiger charge is -2.53.